The number of aromatic nitrogens is 4. The van der Waals surface area contributed by atoms with E-state index in [1.807, 2.05) is 36.9 Å². The lowest BCUT2D eigenvalue weighted by molar-refractivity contribution is -0.127. The van der Waals surface area contributed by atoms with Crippen molar-refractivity contribution in [3.63, 3.8) is 0 Å². The van der Waals surface area contributed by atoms with Gasteiger partial charge in [0.15, 0.2) is 0 Å². The van der Waals surface area contributed by atoms with E-state index in [-0.39, 0.29) is 5.91 Å². The van der Waals surface area contributed by atoms with Crippen LogP contribution in [0.1, 0.15) is 35.7 Å². The molecular formula is C23H26N6O2. The van der Waals surface area contributed by atoms with Gasteiger partial charge in [0.2, 0.25) is 11.9 Å². The molecule has 0 unspecified atom stereocenters. The second-order valence-electron chi connectivity index (χ2n) is 7.84. The molecule has 1 amide bonds. The third kappa shape index (κ3) is 5.75. The van der Waals surface area contributed by atoms with Gasteiger partial charge >= 0.3 is 0 Å². The molecule has 0 aromatic carbocycles. The number of nitrogens with one attached hydrogen (secondary N) is 1. The van der Waals surface area contributed by atoms with E-state index in [2.05, 4.69) is 25.3 Å². The predicted molar refractivity (Wildman–Crippen MR) is 118 cm³/mol. The molecule has 0 saturated carbocycles. The van der Waals surface area contributed by atoms with E-state index >= 15 is 0 Å². The summed E-state index contributed by atoms with van der Waals surface area (Å²) in [5, 5.41) is 3.16. The number of furan rings is 1. The minimum Gasteiger partial charge on any atom is -0.465 e. The van der Waals surface area contributed by atoms with Crippen molar-refractivity contribution in [2.24, 2.45) is 5.92 Å². The first kappa shape index (κ1) is 20.7. The van der Waals surface area contributed by atoms with Crippen LogP contribution in [0.5, 0.6) is 0 Å². The van der Waals surface area contributed by atoms with Gasteiger partial charge in [-0.1, -0.05) is 0 Å². The first-order valence-corrected chi connectivity index (χ1v) is 10.5. The predicted octanol–water partition coefficient (Wildman–Crippen LogP) is 3.71. The topological polar surface area (TPSA) is 97.0 Å². The highest BCUT2D eigenvalue weighted by Crippen LogP contribution is 2.22. The molecule has 4 heterocycles. The summed E-state index contributed by atoms with van der Waals surface area (Å²) < 4.78 is 5.25. The Kier molecular flexibility index (Phi) is 6.35. The van der Waals surface area contributed by atoms with E-state index in [0.717, 1.165) is 42.9 Å². The highest BCUT2D eigenvalue weighted by Gasteiger charge is 2.23. The van der Waals surface area contributed by atoms with Crippen LogP contribution in [0.4, 0.5) is 11.8 Å². The molecule has 1 aliphatic rings. The average molecular weight is 419 g/mol. The summed E-state index contributed by atoms with van der Waals surface area (Å²) in [4.78, 5) is 32.0. The van der Waals surface area contributed by atoms with Crippen molar-refractivity contribution in [2.75, 3.05) is 18.4 Å². The molecule has 3 aromatic rings. The molecule has 1 aliphatic heterocycles. The summed E-state index contributed by atoms with van der Waals surface area (Å²) in [5.41, 5.74) is 2.74. The minimum atomic E-state index is 0.0121. The summed E-state index contributed by atoms with van der Waals surface area (Å²) in [7, 11) is 0. The number of carbonyl (C=O) groups excluding carboxylic acids is 1. The van der Waals surface area contributed by atoms with E-state index < -0.39 is 0 Å². The molecule has 0 spiro atoms. The van der Waals surface area contributed by atoms with Gasteiger partial charge in [-0.2, -0.15) is 0 Å². The summed E-state index contributed by atoms with van der Waals surface area (Å²) in [5.74, 6) is 2.24. The van der Waals surface area contributed by atoms with Gasteiger partial charge in [0.25, 0.3) is 0 Å². The van der Waals surface area contributed by atoms with E-state index in [0.29, 0.717) is 30.0 Å². The second kappa shape index (κ2) is 9.51. The first-order valence-electron chi connectivity index (χ1n) is 10.5. The van der Waals surface area contributed by atoms with Crippen molar-refractivity contribution < 1.29 is 9.21 Å². The number of aryl methyl sites for hydroxylation is 2. The van der Waals surface area contributed by atoms with E-state index in [4.69, 9.17) is 4.42 Å². The van der Waals surface area contributed by atoms with Gasteiger partial charge in [-0.05, 0) is 63.3 Å². The highest BCUT2D eigenvalue weighted by atomic mass is 16.3. The molecule has 8 heteroatoms. The SMILES string of the molecule is Cc1cc(C)nc(Nc2cc(C[C@H]3CCCN(C(=O)/C=C/c4ccco4)C3)ncn2)n1. The molecule has 3 aromatic heterocycles. The summed E-state index contributed by atoms with van der Waals surface area (Å²) in [6.07, 6.45) is 9.28. The zero-order valence-corrected chi connectivity index (χ0v) is 17.8. The molecule has 1 N–H and O–H groups in total. The highest BCUT2D eigenvalue weighted by molar-refractivity contribution is 5.91. The lowest BCUT2D eigenvalue weighted by atomic mass is 9.93. The fourth-order valence-electron chi connectivity index (χ4n) is 3.85. The number of hydrogen-bond donors (Lipinski definition) is 1. The van der Waals surface area contributed by atoms with Gasteiger partial charge in [-0.3, -0.25) is 4.79 Å². The first-order chi connectivity index (χ1) is 15.0. The largest absolute Gasteiger partial charge is 0.465 e. The maximum Gasteiger partial charge on any atom is 0.246 e. The van der Waals surface area contributed by atoms with E-state index in [1.165, 1.54) is 0 Å². The van der Waals surface area contributed by atoms with Crippen LogP contribution in [0.25, 0.3) is 6.08 Å². The molecule has 1 atom stereocenters. The maximum absolute atomic E-state index is 12.6. The van der Waals surface area contributed by atoms with Crippen LogP contribution in [0, 0.1) is 19.8 Å². The normalized spacial score (nSPS) is 16.6. The van der Waals surface area contributed by atoms with Crippen LogP contribution < -0.4 is 5.32 Å². The molecule has 1 fully saturated rings. The molecule has 8 nitrogen and oxygen atoms in total. The quantitative estimate of drug-likeness (QED) is 0.609. The molecule has 0 bridgehead atoms. The third-order valence-corrected chi connectivity index (χ3v) is 5.21. The van der Waals surface area contributed by atoms with Crippen molar-refractivity contribution in [3.8, 4) is 0 Å². The van der Waals surface area contributed by atoms with E-state index in [1.54, 1.807) is 30.8 Å². The van der Waals surface area contributed by atoms with Gasteiger partial charge in [0, 0.05) is 42.3 Å². The number of anilines is 2. The van der Waals surface area contributed by atoms with Crippen molar-refractivity contribution in [1.82, 2.24) is 24.8 Å². The molecule has 1 saturated heterocycles. The van der Waals surface area contributed by atoms with Gasteiger partial charge in [-0.15, -0.1) is 0 Å². The molecule has 160 valence electrons. The van der Waals surface area contributed by atoms with Crippen molar-refractivity contribution >= 4 is 23.7 Å². The fraction of sp³-hybridized carbons (Fsp3) is 0.348. The van der Waals surface area contributed by atoms with Crippen LogP contribution in [-0.4, -0.2) is 43.8 Å². The number of likely N-dealkylation sites (tertiary alicyclic amines) is 1. The molecular weight excluding hydrogens is 392 g/mol. The van der Waals surface area contributed by atoms with Crippen LogP contribution in [0.2, 0.25) is 0 Å². The van der Waals surface area contributed by atoms with Crippen molar-refractivity contribution in [3.05, 3.63) is 65.8 Å². The molecule has 0 radical (unpaired) electrons. The van der Waals surface area contributed by atoms with Crippen LogP contribution in [0.3, 0.4) is 0 Å². The molecule has 4 rings (SSSR count). The Morgan fingerprint density at radius 3 is 2.87 bits per heavy atom. The van der Waals surface area contributed by atoms with Crippen LogP contribution >= 0.6 is 0 Å². The van der Waals surface area contributed by atoms with Gasteiger partial charge in [-0.25, -0.2) is 19.9 Å². The minimum absolute atomic E-state index is 0.0121. The Balaban J connectivity index is 1.37. The Bertz CT molecular complexity index is 1040. The Morgan fingerprint density at radius 1 is 1.26 bits per heavy atom. The lowest BCUT2D eigenvalue weighted by Crippen LogP contribution is -2.39. The zero-order chi connectivity index (χ0) is 21.6. The van der Waals surface area contributed by atoms with Crippen LogP contribution in [0.15, 0.2) is 47.3 Å². The third-order valence-electron chi connectivity index (χ3n) is 5.21. The van der Waals surface area contributed by atoms with E-state index in [9.17, 15) is 4.79 Å². The van der Waals surface area contributed by atoms with Gasteiger partial charge in [0.05, 0.1) is 6.26 Å². The standard InChI is InChI=1S/C23H26N6O2/c1-16-11-17(2)27-23(26-16)28-21-13-19(24-15-25-21)12-18-5-3-9-29(14-18)22(30)8-7-20-6-4-10-31-20/h4,6-8,10-11,13,15,18H,3,5,9,12,14H2,1-2H3,(H,24,25,26,27,28)/b8-7+/t18-/m1/s1. The number of amides is 1. The van der Waals surface area contributed by atoms with Crippen molar-refractivity contribution in [2.45, 2.75) is 33.1 Å². The Hall–Kier alpha value is -3.55. The van der Waals surface area contributed by atoms with Gasteiger partial charge < -0.3 is 14.6 Å². The summed E-state index contributed by atoms with van der Waals surface area (Å²) >= 11 is 0. The van der Waals surface area contributed by atoms with Gasteiger partial charge in [0.1, 0.15) is 17.9 Å². The molecule has 0 aliphatic carbocycles. The number of carbonyl (C=O) groups is 1. The average Bonchev–Trinajstić information content (AvgIpc) is 3.25. The maximum atomic E-state index is 12.6. The number of nitrogens with zero attached hydrogens (tertiary/aromatic N) is 5. The lowest BCUT2D eigenvalue weighted by Gasteiger charge is -2.32. The van der Waals surface area contributed by atoms with Crippen LogP contribution in [-0.2, 0) is 11.2 Å². The Morgan fingerprint density at radius 2 is 2.10 bits per heavy atom. The molecule has 31 heavy (non-hydrogen) atoms. The Labute approximate surface area is 181 Å². The summed E-state index contributed by atoms with van der Waals surface area (Å²) in [6, 6.07) is 7.49. The van der Waals surface area contributed by atoms with Crippen molar-refractivity contribution in [1.29, 1.82) is 0 Å². The second-order valence-corrected chi connectivity index (χ2v) is 7.84. The number of rotatable bonds is 6. The summed E-state index contributed by atoms with van der Waals surface area (Å²) in [6.45, 7) is 5.36. The zero-order valence-electron chi connectivity index (χ0n) is 17.8. The number of piperidine rings is 1. The number of hydrogen-bond acceptors (Lipinski definition) is 7. The fourth-order valence-corrected chi connectivity index (χ4v) is 3.85. The monoisotopic (exact) mass is 418 g/mol. The smallest absolute Gasteiger partial charge is 0.246 e.